The highest BCUT2D eigenvalue weighted by atomic mass is 16.3. The maximum absolute atomic E-state index is 8.56. The van der Waals surface area contributed by atoms with E-state index in [2.05, 4.69) is 6.58 Å². The molecule has 2 N–H and O–H groups in total. The minimum Gasteiger partial charge on any atom is -0.513 e. The van der Waals surface area contributed by atoms with Gasteiger partial charge in [0.1, 0.15) is 5.76 Å². The van der Waals surface area contributed by atoms with Crippen LogP contribution in [0.2, 0.25) is 0 Å². The van der Waals surface area contributed by atoms with Crippen LogP contribution in [0.5, 0.6) is 0 Å². The average molecular weight is 126 g/mol. The monoisotopic (exact) mass is 126 g/mol. The van der Waals surface area contributed by atoms with Gasteiger partial charge >= 0.3 is 0 Å². The first-order valence-corrected chi connectivity index (χ1v) is 2.54. The van der Waals surface area contributed by atoms with Gasteiger partial charge in [-0.3, -0.25) is 0 Å². The number of allylic oxidation sites excluding steroid dienone is 4. The molecule has 0 bridgehead atoms. The van der Waals surface area contributed by atoms with Gasteiger partial charge in [-0.1, -0.05) is 12.7 Å². The zero-order chi connectivity index (χ0) is 7.28. The molecule has 0 aromatic heterocycles. The van der Waals surface area contributed by atoms with Crippen molar-refractivity contribution in [1.29, 1.82) is 0 Å². The summed E-state index contributed by atoms with van der Waals surface area (Å²) in [6, 6.07) is 0. The minimum absolute atomic E-state index is 0.0208. The molecule has 0 atom stereocenters. The third-order valence-corrected chi connectivity index (χ3v) is 0.626. The van der Waals surface area contributed by atoms with Gasteiger partial charge in [0.15, 0.2) is 0 Å². The molecule has 0 radical (unpaired) electrons. The van der Waals surface area contributed by atoms with Crippen molar-refractivity contribution in [3.63, 3.8) is 0 Å². The average Bonchev–Trinajstić information content (AvgIpc) is 1.63. The molecule has 0 fully saturated rings. The molecule has 0 saturated heterocycles. The largest absolute Gasteiger partial charge is 0.513 e. The summed E-state index contributed by atoms with van der Waals surface area (Å²) in [5.74, 6) is 0.181. The van der Waals surface area contributed by atoms with Gasteiger partial charge in [0, 0.05) is 0 Å². The lowest BCUT2D eigenvalue weighted by Gasteiger charge is -1.82. The van der Waals surface area contributed by atoms with Gasteiger partial charge < -0.3 is 10.2 Å². The van der Waals surface area contributed by atoms with Crippen LogP contribution < -0.4 is 0 Å². The van der Waals surface area contributed by atoms with Crippen molar-refractivity contribution >= 4 is 0 Å². The van der Waals surface area contributed by atoms with Crippen molar-refractivity contribution in [1.82, 2.24) is 0 Å². The highest BCUT2D eigenvalue weighted by molar-refractivity contribution is 5.13. The van der Waals surface area contributed by atoms with Crippen LogP contribution in [0.4, 0.5) is 0 Å². The van der Waals surface area contributed by atoms with Crippen LogP contribution in [0, 0.1) is 0 Å². The first-order valence-electron chi connectivity index (χ1n) is 2.54. The molecule has 0 aliphatic heterocycles. The Morgan fingerprint density at radius 2 is 2.00 bits per heavy atom. The minimum atomic E-state index is -0.0208. The summed E-state index contributed by atoms with van der Waals surface area (Å²) >= 11 is 0. The van der Waals surface area contributed by atoms with E-state index in [0.717, 1.165) is 0 Å². The summed E-state index contributed by atoms with van der Waals surface area (Å²) in [4.78, 5) is 0. The summed E-state index contributed by atoms with van der Waals surface area (Å²) in [5.41, 5.74) is 0. The van der Waals surface area contributed by atoms with E-state index in [0.29, 0.717) is 0 Å². The van der Waals surface area contributed by atoms with Crippen molar-refractivity contribution in [3.8, 4) is 0 Å². The third kappa shape index (κ3) is 6.82. The van der Waals surface area contributed by atoms with Crippen molar-refractivity contribution in [2.24, 2.45) is 0 Å². The maximum Gasteiger partial charge on any atom is 0.108 e. The number of aliphatic hydroxyl groups is 2. The lowest BCUT2D eigenvalue weighted by Crippen LogP contribution is -1.68. The second-order valence-corrected chi connectivity index (χ2v) is 1.66. The van der Waals surface area contributed by atoms with Crippen LogP contribution in [0.3, 0.4) is 0 Å². The van der Waals surface area contributed by atoms with Crippen molar-refractivity contribution in [3.05, 3.63) is 36.3 Å². The normalized spacial score (nSPS) is 12.3. The Balaban J connectivity index is 3.74. The molecule has 0 rings (SSSR count). The van der Waals surface area contributed by atoms with Crippen molar-refractivity contribution in [2.75, 3.05) is 0 Å². The predicted molar refractivity (Wildman–Crippen MR) is 37.3 cm³/mol. The molecule has 0 amide bonds. The van der Waals surface area contributed by atoms with E-state index >= 15 is 0 Å². The number of rotatable bonds is 2. The van der Waals surface area contributed by atoms with Gasteiger partial charge in [0.2, 0.25) is 0 Å². The summed E-state index contributed by atoms with van der Waals surface area (Å²) in [7, 11) is 0. The molecule has 9 heavy (non-hydrogen) atoms. The van der Waals surface area contributed by atoms with Crippen LogP contribution in [0.15, 0.2) is 36.3 Å². The SMILES string of the molecule is C=C(O)/C=C\C=C(/C)O. The van der Waals surface area contributed by atoms with Gasteiger partial charge in [-0.15, -0.1) is 0 Å². The lowest BCUT2D eigenvalue weighted by atomic mass is 10.4. The van der Waals surface area contributed by atoms with Crippen LogP contribution >= 0.6 is 0 Å². The van der Waals surface area contributed by atoms with Gasteiger partial charge in [-0.05, 0) is 19.1 Å². The number of aliphatic hydroxyl groups excluding tert-OH is 2. The second-order valence-electron chi connectivity index (χ2n) is 1.66. The summed E-state index contributed by atoms with van der Waals surface area (Å²) in [6.45, 7) is 4.76. The molecule has 0 aromatic rings. The van der Waals surface area contributed by atoms with Crippen molar-refractivity contribution < 1.29 is 10.2 Å². The number of hydrogen-bond acceptors (Lipinski definition) is 2. The Morgan fingerprint density at radius 1 is 1.44 bits per heavy atom. The Bertz CT molecular complexity index is 150. The lowest BCUT2D eigenvalue weighted by molar-refractivity contribution is 0.414. The summed E-state index contributed by atoms with van der Waals surface area (Å²) in [6.07, 6.45) is 4.36. The second kappa shape index (κ2) is 3.78. The van der Waals surface area contributed by atoms with E-state index in [-0.39, 0.29) is 11.5 Å². The Kier molecular flexibility index (Phi) is 3.28. The Hall–Kier alpha value is -1.18. The first-order chi connectivity index (χ1) is 4.13. The van der Waals surface area contributed by atoms with Gasteiger partial charge in [0.05, 0.1) is 5.76 Å². The molecular weight excluding hydrogens is 116 g/mol. The molecule has 2 heteroatoms. The fraction of sp³-hybridized carbons (Fsp3) is 0.143. The van der Waals surface area contributed by atoms with Gasteiger partial charge in [-0.25, -0.2) is 0 Å². The van der Waals surface area contributed by atoms with Gasteiger partial charge in [-0.2, -0.15) is 0 Å². The van der Waals surface area contributed by atoms with E-state index in [1.807, 2.05) is 0 Å². The number of hydrogen-bond donors (Lipinski definition) is 2. The van der Waals surface area contributed by atoms with Crippen LogP contribution in [0.1, 0.15) is 6.92 Å². The van der Waals surface area contributed by atoms with E-state index in [4.69, 9.17) is 10.2 Å². The predicted octanol–water partition coefficient (Wildman–Crippen LogP) is 2.08. The standard InChI is InChI=1S/C7H10O2/c1-6(8)4-3-5-7(2)9/h3-5,8-9H,1H2,2H3/b4-3-,7-5+. The molecular formula is C7H10O2. The van der Waals surface area contributed by atoms with E-state index in [1.54, 1.807) is 6.92 Å². The van der Waals surface area contributed by atoms with Crippen molar-refractivity contribution in [2.45, 2.75) is 6.92 Å². The van der Waals surface area contributed by atoms with Crippen LogP contribution in [-0.2, 0) is 0 Å². The quantitative estimate of drug-likeness (QED) is 0.439. The maximum atomic E-state index is 8.56. The van der Waals surface area contributed by atoms with E-state index in [9.17, 15) is 0 Å². The molecule has 0 saturated carbocycles. The summed E-state index contributed by atoms with van der Waals surface area (Å²) < 4.78 is 0. The van der Waals surface area contributed by atoms with Gasteiger partial charge in [0.25, 0.3) is 0 Å². The summed E-state index contributed by atoms with van der Waals surface area (Å²) in [5, 5.41) is 17.0. The third-order valence-electron chi connectivity index (χ3n) is 0.626. The highest BCUT2D eigenvalue weighted by Crippen LogP contribution is 1.88. The molecule has 50 valence electrons. The topological polar surface area (TPSA) is 40.5 Å². The molecule has 0 heterocycles. The smallest absolute Gasteiger partial charge is 0.108 e. The fourth-order valence-corrected chi connectivity index (χ4v) is 0.298. The van der Waals surface area contributed by atoms with E-state index in [1.165, 1.54) is 18.2 Å². The molecule has 2 nitrogen and oxygen atoms in total. The zero-order valence-corrected chi connectivity index (χ0v) is 5.33. The highest BCUT2D eigenvalue weighted by Gasteiger charge is 1.74. The van der Waals surface area contributed by atoms with E-state index < -0.39 is 0 Å². The molecule has 0 unspecified atom stereocenters. The molecule has 0 aromatic carbocycles. The first kappa shape index (κ1) is 7.82. The Labute approximate surface area is 54.4 Å². The van der Waals surface area contributed by atoms with Crippen LogP contribution in [-0.4, -0.2) is 10.2 Å². The molecule has 0 aliphatic rings. The Morgan fingerprint density at radius 3 is 2.33 bits per heavy atom. The fourth-order valence-electron chi connectivity index (χ4n) is 0.298. The van der Waals surface area contributed by atoms with Crippen LogP contribution in [0.25, 0.3) is 0 Å². The molecule has 0 spiro atoms. The molecule has 0 aliphatic carbocycles. The zero-order valence-electron chi connectivity index (χ0n) is 5.33.